The van der Waals surface area contributed by atoms with Crippen molar-refractivity contribution in [3.8, 4) is 0 Å². The molecule has 0 aromatic heterocycles. The first-order valence-corrected chi connectivity index (χ1v) is 3.77. The van der Waals surface area contributed by atoms with Crippen LogP contribution in [0, 0.1) is 0 Å². The van der Waals surface area contributed by atoms with Crippen LogP contribution in [-0.4, -0.2) is 37.4 Å². The summed E-state index contributed by atoms with van der Waals surface area (Å²) in [5.74, 6) is -0.852. The Balaban J connectivity index is 3.01. The van der Waals surface area contributed by atoms with E-state index in [-0.39, 0.29) is 6.54 Å². The van der Waals surface area contributed by atoms with Crippen molar-refractivity contribution in [1.29, 1.82) is 0 Å². The number of aliphatic carboxylic acids is 1. The quantitative estimate of drug-likeness (QED) is 0.428. The van der Waals surface area contributed by atoms with E-state index in [0.29, 0.717) is 19.8 Å². The van der Waals surface area contributed by atoms with Crippen LogP contribution in [0.1, 0.15) is 6.92 Å². The third-order valence-electron chi connectivity index (χ3n) is 1.05. The molecule has 0 fully saturated rings. The molecule has 0 saturated carbocycles. The Bertz CT molecular complexity index is 138. The second-order valence-corrected chi connectivity index (χ2v) is 2.58. The summed E-state index contributed by atoms with van der Waals surface area (Å²) in [4.78, 5) is 10.0. The molecule has 0 aromatic carbocycles. The first kappa shape index (κ1) is 11.1. The predicted molar refractivity (Wildman–Crippen MR) is 46.1 cm³/mol. The molecule has 0 aliphatic carbocycles. The van der Waals surface area contributed by atoms with E-state index >= 15 is 0 Å². The summed E-state index contributed by atoms with van der Waals surface area (Å²) >= 11 is 0. The third kappa shape index (κ3) is 9.13. The van der Waals surface area contributed by atoms with Crippen LogP contribution >= 0.6 is 0 Å². The summed E-state index contributed by atoms with van der Waals surface area (Å²) in [5.41, 5.74) is 0.966. The predicted octanol–water partition coefficient (Wildman–Crippen LogP) is 0.253. The molecule has 0 aliphatic rings. The van der Waals surface area contributed by atoms with E-state index in [2.05, 4.69) is 11.9 Å². The minimum Gasteiger partial charge on any atom is -0.480 e. The number of carbonyl (C=O) groups is 1. The van der Waals surface area contributed by atoms with Crippen molar-refractivity contribution in [3.05, 3.63) is 12.2 Å². The second kappa shape index (κ2) is 6.82. The molecule has 4 heteroatoms. The lowest BCUT2D eigenvalue weighted by Crippen LogP contribution is -2.26. The Morgan fingerprint density at radius 1 is 1.67 bits per heavy atom. The normalized spacial score (nSPS) is 9.75. The zero-order valence-electron chi connectivity index (χ0n) is 7.30. The van der Waals surface area contributed by atoms with Gasteiger partial charge in [-0.15, -0.1) is 0 Å². The molecular formula is C8H15NO3. The Hall–Kier alpha value is -0.870. The molecule has 0 spiro atoms. The van der Waals surface area contributed by atoms with Gasteiger partial charge in [-0.3, -0.25) is 4.79 Å². The summed E-state index contributed by atoms with van der Waals surface area (Å²) in [6.07, 6.45) is 0. The van der Waals surface area contributed by atoms with Crippen molar-refractivity contribution in [1.82, 2.24) is 5.32 Å². The molecule has 0 bridgehead atoms. The highest BCUT2D eigenvalue weighted by Gasteiger charge is 1.93. The van der Waals surface area contributed by atoms with Crippen molar-refractivity contribution in [3.63, 3.8) is 0 Å². The first-order chi connectivity index (χ1) is 5.63. The topological polar surface area (TPSA) is 58.6 Å². The van der Waals surface area contributed by atoms with Crippen molar-refractivity contribution in [2.24, 2.45) is 0 Å². The van der Waals surface area contributed by atoms with Gasteiger partial charge in [0.15, 0.2) is 0 Å². The van der Waals surface area contributed by atoms with Crippen LogP contribution in [0.4, 0.5) is 0 Å². The van der Waals surface area contributed by atoms with Crippen molar-refractivity contribution < 1.29 is 14.6 Å². The van der Waals surface area contributed by atoms with Gasteiger partial charge < -0.3 is 15.2 Å². The largest absolute Gasteiger partial charge is 0.480 e. The van der Waals surface area contributed by atoms with Gasteiger partial charge in [0.05, 0.1) is 19.8 Å². The molecule has 0 radical (unpaired) electrons. The van der Waals surface area contributed by atoms with Gasteiger partial charge in [-0.1, -0.05) is 12.2 Å². The SMILES string of the molecule is C=C(C)COCCNCC(=O)O. The number of nitrogens with one attached hydrogen (secondary N) is 1. The second-order valence-electron chi connectivity index (χ2n) is 2.58. The fraction of sp³-hybridized carbons (Fsp3) is 0.625. The maximum atomic E-state index is 10.0. The van der Waals surface area contributed by atoms with Crippen molar-refractivity contribution in [2.45, 2.75) is 6.92 Å². The van der Waals surface area contributed by atoms with E-state index in [1.165, 1.54) is 0 Å². The van der Waals surface area contributed by atoms with Gasteiger partial charge in [0.25, 0.3) is 0 Å². The summed E-state index contributed by atoms with van der Waals surface area (Å²) < 4.78 is 5.12. The van der Waals surface area contributed by atoms with Crippen LogP contribution in [0.15, 0.2) is 12.2 Å². The van der Waals surface area contributed by atoms with Crippen LogP contribution in [0.2, 0.25) is 0 Å². The van der Waals surface area contributed by atoms with E-state index < -0.39 is 5.97 Å². The smallest absolute Gasteiger partial charge is 0.317 e. The number of hydrogen-bond acceptors (Lipinski definition) is 3. The van der Waals surface area contributed by atoms with Crippen LogP contribution in [-0.2, 0) is 9.53 Å². The molecule has 0 amide bonds. The van der Waals surface area contributed by atoms with Gasteiger partial charge in [-0.25, -0.2) is 0 Å². The zero-order valence-corrected chi connectivity index (χ0v) is 7.30. The number of hydrogen-bond donors (Lipinski definition) is 2. The maximum Gasteiger partial charge on any atom is 0.317 e. The van der Waals surface area contributed by atoms with E-state index in [9.17, 15) is 4.79 Å². The van der Waals surface area contributed by atoms with Gasteiger partial charge >= 0.3 is 5.97 Å². The Labute approximate surface area is 72.2 Å². The standard InChI is InChI=1S/C8H15NO3/c1-7(2)6-12-4-3-9-5-8(10)11/h9H,1,3-6H2,2H3,(H,10,11). The first-order valence-electron chi connectivity index (χ1n) is 3.77. The molecule has 0 rings (SSSR count). The number of carboxylic acids is 1. The monoisotopic (exact) mass is 173 g/mol. The summed E-state index contributed by atoms with van der Waals surface area (Å²) in [6.45, 7) is 7.13. The van der Waals surface area contributed by atoms with E-state index in [0.717, 1.165) is 5.57 Å². The third-order valence-corrected chi connectivity index (χ3v) is 1.05. The molecule has 0 atom stereocenters. The maximum absolute atomic E-state index is 10.0. The van der Waals surface area contributed by atoms with Gasteiger partial charge in [-0.05, 0) is 6.92 Å². The molecule has 0 unspecified atom stereocenters. The fourth-order valence-electron chi connectivity index (χ4n) is 0.586. The highest BCUT2D eigenvalue weighted by molar-refractivity contribution is 5.68. The number of carboxylic acid groups (broad SMARTS) is 1. The lowest BCUT2D eigenvalue weighted by Gasteiger charge is -2.03. The average molecular weight is 173 g/mol. The molecule has 0 aromatic rings. The van der Waals surface area contributed by atoms with Gasteiger partial charge in [0.1, 0.15) is 0 Å². The Morgan fingerprint density at radius 3 is 2.83 bits per heavy atom. The molecular weight excluding hydrogens is 158 g/mol. The van der Waals surface area contributed by atoms with Crippen LogP contribution < -0.4 is 5.32 Å². The highest BCUT2D eigenvalue weighted by atomic mass is 16.5. The van der Waals surface area contributed by atoms with Gasteiger partial charge in [0.2, 0.25) is 0 Å². The van der Waals surface area contributed by atoms with E-state index in [1.54, 1.807) is 0 Å². The molecule has 70 valence electrons. The summed E-state index contributed by atoms with van der Waals surface area (Å²) in [5, 5.41) is 10.9. The summed E-state index contributed by atoms with van der Waals surface area (Å²) in [6, 6.07) is 0. The number of ether oxygens (including phenoxy) is 1. The number of rotatable bonds is 7. The summed E-state index contributed by atoms with van der Waals surface area (Å²) in [7, 11) is 0. The lowest BCUT2D eigenvalue weighted by atomic mass is 10.4. The Morgan fingerprint density at radius 2 is 2.33 bits per heavy atom. The van der Waals surface area contributed by atoms with Gasteiger partial charge in [-0.2, -0.15) is 0 Å². The molecule has 4 nitrogen and oxygen atoms in total. The van der Waals surface area contributed by atoms with E-state index in [4.69, 9.17) is 9.84 Å². The minimum absolute atomic E-state index is 0.0174. The van der Waals surface area contributed by atoms with Crippen LogP contribution in [0.3, 0.4) is 0 Å². The van der Waals surface area contributed by atoms with Crippen molar-refractivity contribution >= 4 is 5.97 Å². The van der Waals surface area contributed by atoms with E-state index in [1.807, 2.05) is 6.92 Å². The molecule has 12 heavy (non-hydrogen) atoms. The lowest BCUT2D eigenvalue weighted by molar-refractivity contribution is -0.135. The fourth-order valence-corrected chi connectivity index (χ4v) is 0.586. The minimum atomic E-state index is -0.852. The van der Waals surface area contributed by atoms with Crippen LogP contribution in [0.5, 0.6) is 0 Å². The molecule has 0 aliphatic heterocycles. The molecule has 2 N–H and O–H groups in total. The molecule has 0 saturated heterocycles. The highest BCUT2D eigenvalue weighted by Crippen LogP contribution is 1.86. The molecule has 0 heterocycles. The zero-order chi connectivity index (χ0) is 9.40. The Kier molecular flexibility index (Phi) is 6.32. The average Bonchev–Trinajstić information content (AvgIpc) is 1.95. The van der Waals surface area contributed by atoms with Gasteiger partial charge in [0, 0.05) is 6.54 Å². The van der Waals surface area contributed by atoms with Crippen molar-refractivity contribution in [2.75, 3.05) is 26.3 Å². The van der Waals surface area contributed by atoms with Crippen LogP contribution in [0.25, 0.3) is 0 Å².